The summed E-state index contributed by atoms with van der Waals surface area (Å²) in [4.78, 5) is 17.0. The van der Waals surface area contributed by atoms with Crippen LogP contribution in [0.3, 0.4) is 0 Å². The Morgan fingerprint density at radius 3 is 2.56 bits per heavy atom. The number of halogens is 1. The number of nitrogens with two attached hydrogens (primary N) is 1. The minimum absolute atomic E-state index is 0.0235. The summed E-state index contributed by atoms with van der Waals surface area (Å²) < 4.78 is 0. The lowest BCUT2D eigenvalue weighted by molar-refractivity contribution is 0.0735. The monoisotopic (exact) mass is 357 g/mol. The Hall–Kier alpha value is -2.20. The molecular formula is C20H24ClN3O. The van der Waals surface area contributed by atoms with Crippen molar-refractivity contribution in [2.45, 2.75) is 19.4 Å². The van der Waals surface area contributed by atoms with Gasteiger partial charge in [-0.3, -0.25) is 4.79 Å². The van der Waals surface area contributed by atoms with Crippen LogP contribution < -0.4 is 10.6 Å². The molecule has 1 aliphatic rings. The number of anilines is 2. The molecule has 2 aromatic rings. The van der Waals surface area contributed by atoms with Crippen molar-refractivity contribution >= 4 is 28.9 Å². The standard InChI is InChI=1S/C20H24ClN3O/c1-23(2)19-10-9-16(22)11-15(19)13-24(12-14-7-8-14)20(25)17-5-3-4-6-18(17)21/h3-6,9-11,14H,7-8,12-13,22H2,1-2H3. The molecule has 0 saturated heterocycles. The normalized spacial score (nSPS) is 13.6. The molecular weight excluding hydrogens is 334 g/mol. The number of nitrogens with zero attached hydrogens (tertiary/aromatic N) is 2. The summed E-state index contributed by atoms with van der Waals surface area (Å²) in [6, 6.07) is 13.1. The third kappa shape index (κ3) is 4.26. The zero-order valence-electron chi connectivity index (χ0n) is 14.7. The van der Waals surface area contributed by atoms with Gasteiger partial charge in [-0.1, -0.05) is 23.7 Å². The summed E-state index contributed by atoms with van der Waals surface area (Å²) in [5, 5.41) is 0.494. The highest BCUT2D eigenvalue weighted by Gasteiger charge is 2.28. The number of amides is 1. The summed E-state index contributed by atoms with van der Waals surface area (Å²) in [5.41, 5.74) is 9.37. The molecule has 2 aromatic carbocycles. The van der Waals surface area contributed by atoms with Crippen LogP contribution in [0.5, 0.6) is 0 Å². The number of nitrogen functional groups attached to an aromatic ring is 1. The van der Waals surface area contributed by atoms with Crippen molar-refractivity contribution in [3.05, 3.63) is 58.6 Å². The highest BCUT2D eigenvalue weighted by atomic mass is 35.5. The lowest BCUT2D eigenvalue weighted by atomic mass is 10.1. The number of hydrogen-bond acceptors (Lipinski definition) is 3. The Morgan fingerprint density at radius 2 is 1.92 bits per heavy atom. The molecule has 132 valence electrons. The van der Waals surface area contributed by atoms with Crippen LogP contribution in [0, 0.1) is 5.92 Å². The van der Waals surface area contributed by atoms with Gasteiger partial charge in [0, 0.05) is 38.6 Å². The van der Waals surface area contributed by atoms with Crippen molar-refractivity contribution in [2.24, 2.45) is 5.92 Å². The van der Waals surface area contributed by atoms with Crippen molar-refractivity contribution < 1.29 is 4.79 Å². The molecule has 0 radical (unpaired) electrons. The van der Waals surface area contributed by atoms with E-state index in [9.17, 15) is 4.79 Å². The predicted octanol–water partition coefficient (Wildman–Crippen LogP) is 4.04. The molecule has 1 saturated carbocycles. The number of carbonyl (C=O) groups is 1. The van der Waals surface area contributed by atoms with Gasteiger partial charge in [0.05, 0.1) is 10.6 Å². The van der Waals surface area contributed by atoms with Gasteiger partial charge in [0.25, 0.3) is 5.91 Å². The van der Waals surface area contributed by atoms with Crippen LogP contribution in [-0.2, 0) is 6.54 Å². The molecule has 0 heterocycles. The minimum atomic E-state index is -0.0235. The molecule has 1 aliphatic carbocycles. The van der Waals surface area contributed by atoms with Crippen LogP contribution in [0.15, 0.2) is 42.5 Å². The average molecular weight is 358 g/mol. The lowest BCUT2D eigenvalue weighted by Crippen LogP contribution is -2.33. The number of hydrogen-bond donors (Lipinski definition) is 1. The molecule has 0 aliphatic heterocycles. The van der Waals surface area contributed by atoms with Crippen LogP contribution in [0.4, 0.5) is 11.4 Å². The number of carbonyl (C=O) groups excluding carboxylic acids is 1. The second kappa shape index (κ2) is 7.36. The fourth-order valence-corrected chi connectivity index (χ4v) is 3.23. The first kappa shape index (κ1) is 17.6. The summed E-state index contributed by atoms with van der Waals surface area (Å²) in [5.74, 6) is 0.569. The largest absolute Gasteiger partial charge is 0.399 e. The minimum Gasteiger partial charge on any atom is -0.399 e. The number of benzene rings is 2. The van der Waals surface area contributed by atoms with E-state index < -0.39 is 0 Å². The SMILES string of the molecule is CN(C)c1ccc(N)cc1CN(CC1CC1)C(=O)c1ccccc1Cl. The van der Waals surface area contributed by atoms with Crippen molar-refractivity contribution in [1.82, 2.24) is 4.90 Å². The molecule has 1 amide bonds. The molecule has 0 spiro atoms. The maximum Gasteiger partial charge on any atom is 0.255 e. The predicted molar refractivity (Wildman–Crippen MR) is 104 cm³/mol. The second-order valence-electron chi connectivity index (χ2n) is 6.89. The van der Waals surface area contributed by atoms with Gasteiger partial charge in [-0.05, 0) is 54.7 Å². The van der Waals surface area contributed by atoms with E-state index in [0.717, 1.165) is 17.8 Å². The first-order valence-corrected chi connectivity index (χ1v) is 8.93. The van der Waals surface area contributed by atoms with Crippen LogP contribution in [0.2, 0.25) is 5.02 Å². The van der Waals surface area contributed by atoms with E-state index in [1.807, 2.05) is 54.2 Å². The van der Waals surface area contributed by atoms with Crippen LogP contribution in [-0.4, -0.2) is 31.4 Å². The molecule has 25 heavy (non-hydrogen) atoms. The maximum atomic E-state index is 13.1. The van der Waals surface area contributed by atoms with E-state index in [1.165, 1.54) is 12.8 Å². The average Bonchev–Trinajstić information content (AvgIpc) is 3.38. The lowest BCUT2D eigenvalue weighted by Gasteiger charge is -2.26. The molecule has 0 unspecified atom stereocenters. The van der Waals surface area contributed by atoms with E-state index in [-0.39, 0.29) is 5.91 Å². The first-order chi connectivity index (χ1) is 12.0. The Labute approximate surface area is 154 Å². The zero-order valence-corrected chi connectivity index (χ0v) is 15.5. The van der Waals surface area contributed by atoms with Crippen LogP contribution >= 0.6 is 11.6 Å². The fourth-order valence-electron chi connectivity index (χ4n) is 3.01. The molecule has 3 rings (SSSR count). The van der Waals surface area contributed by atoms with Crippen LogP contribution in [0.1, 0.15) is 28.8 Å². The molecule has 0 aromatic heterocycles. The summed E-state index contributed by atoms with van der Waals surface area (Å²) in [7, 11) is 3.99. The van der Waals surface area contributed by atoms with E-state index in [2.05, 4.69) is 0 Å². The smallest absolute Gasteiger partial charge is 0.255 e. The quantitative estimate of drug-likeness (QED) is 0.794. The molecule has 0 atom stereocenters. The molecule has 1 fully saturated rings. The molecule has 5 heteroatoms. The van der Waals surface area contributed by atoms with Gasteiger partial charge in [-0.25, -0.2) is 0 Å². The van der Waals surface area contributed by atoms with Crippen molar-refractivity contribution in [1.29, 1.82) is 0 Å². The van der Waals surface area contributed by atoms with Gasteiger partial charge >= 0.3 is 0 Å². The highest BCUT2D eigenvalue weighted by Crippen LogP contribution is 2.32. The van der Waals surface area contributed by atoms with E-state index in [0.29, 0.717) is 28.7 Å². The van der Waals surface area contributed by atoms with Crippen molar-refractivity contribution in [3.63, 3.8) is 0 Å². The van der Waals surface area contributed by atoms with Crippen LogP contribution in [0.25, 0.3) is 0 Å². The van der Waals surface area contributed by atoms with Gasteiger partial charge in [0.1, 0.15) is 0 Å². The molecule has 0 bridgehead atoms. The molecule has 2 N–H and O–H groups in total. The van der Waals surface area contributed by atoms with Gasteiger partial charge in [0.15, 0.2) is 0 Å². The van der Waals surface area contributed by atoms with Gasteiger partial charge in [0.2, 0.25) is 0 Å². The third-order valence-electron chi connectivity index (χ3n) is 4.51. The van der Waals surface area contributed by atoms with Gasteiger partial charge in [-0.15, -0.1) is 0 Å². The highest BCUT2D eigenvalue weighted by molar-refractivity contribution is 6.33. The Morgan fingerprint density at radius 1 is 1.20 bits per heavy atom. The second-order valence-corrected chi connectivity index (χ2v) is 7.30. The van der Waals surface area contributed by atoms with Crippen molar-refractivity contribution in [3.8, 4) is 0 Å². The molecule has 4 nitrogen and oxygen atoms in total. The summed E-state index contributed by atoms with van der Waals surface area (Å²) in [6.45, 7) is 1.28. The zero-order chi connectivity index (χ0) is 18.0. The Bertz CT molecular complexity index is 771. The Balaban J connectivity index is 1.91. The van der Waals surface area contributed by atoms with Gasteiger partial charge in [-0.2, -0.15) is 0 Å². The fraction of sp³-hybridized carbons (Fsp3) is 0.350. The topological polar surface area (TPSA) is 49.6 Å². The Kier molecular flexibility index (Phi) is 5.19. The number of rotatable bonds is 6. The summed E-state index contributed by atoms with van der Waals surface area (Å²) >= 11 is 6.25. The van der Waals surface area contributed by atoms with Crippen molar-refractivity contribution in [2.75, 3.05) is 31.3 Å². The third-order valence-corrected chi connectivity index (χ3v) is 4.84. The van der Waals surface area contributed by atoms with Gasteiger partial charge < -0.3 is 15.5 Å². The summed E-state index contributed by atoms with van der Waals surface area (Å²) in [6.07, 6.45) is 2.37. The maximum absolute atomic E-state index is 13.1. The van der Waals surface area contributed by atoms with E-state index in [1.54, 1.807) is 12.1 Å². The van der Waals surface area contributed by atoms with E-state index in [4.69, 9.17) is 17.3 Å². The first-order valence-electron chi connectivity index (χ1n) is 8.55. The van der Waals surface area contributed by atoms with E-state index >= 15 is 0 Å².